The Morgan fingerprint density at radius 3 is 2.71 bits per heavy atom. The van der Waals surface area contributed by atoms with E-state index in [4.69, 9.17) is 9.47 Å². The average molecular weight is 329 g/mol. The summed E-state index contributed by atoms with van der Waals surface area (Å²) in [6.45, 7) is 5.37. The molecule has 24 heavy (non-hydrogen) atoms. The molecule has 126 valence electrons. The topological polar surface area (TPSA) is 74.6 Å². The maximum atomic E-state index is 12.7. The van der Waals surface area contributed by atoms with Gasteiger partial charge >= 0.3 is 11.9 Å². The molecule has 0 bridgehead atoms. The highest BCUT2D eigenvalue weighted by atomic mass is 16.5. The molecule has 0 radical (unpaired) electrons. The van der Waals surface area contributed by atoms with Gasteiger partial charge in [0.05, 0.1) is 18.2 Å². The molecule has 0 saturated heterocycles. The maximum absolute atomic E-state index is 12.7. The van der Waals surface area contributed by atoms with Crippen molar-refractivity contribution in [2.75, 3.05) is 13.2 Å². The molecule has 0 N–H and O–H groups in total. The number of pyridine rings is 1. The number of nitrogens with zero attached hydrogens (tertiary/aromatic N) is 1. The molecule has 0 aliphatic carbocycles. The Kier molecular flexibility index (Phi) is 4.13. The van der Waals surface area contributed by atoms with Gasteiger partial charge in [-0.2, -0.15) is 0 Å². The van der Waals surface area contributed by atoms with Crippen molar-refractivity contribution < 1.29 is 19.1 Å². The SMILES string of the molecule is CCOC(=O)c1cn2c3c(cc(C)cc3c1=O)CC2COC(C)=O. The summed E-state index contributed by atoms with van der Waals surface area (Å²) < 4.78 is 12.0. The van der Waals surface area contributed by atoms with Crippen molar-refractivity contribution in [3.05, 3.63) is 45.2 Å². The molecular formula is C18H19NO5. The van der Waals surface area contributed by atoms with Crippen LogP contribution in [-0.2, 0) is 20.7 Å². The molecular weight excluding hydrogens is 310 g/mol. The molecule has 1 aromatic carbocycles. The molecule has 1 atom stereocenters. The van der Waals surface area contributed by atoms with E-state index in [-0.39, 0.29) is 36.2 Å². The van der Waals surface area contributed by atoms with Crippen molar-refractivity contribution in [3.63, 3.8) is 0 Å². The molecule has 0 fully saturated rings. The van der Waals surface area contributed by atoms with Crippen LogP contribution in [0, 0.1) is 6.92 Å². The molecule has 0 spiro atoms. The highest BCUT2D eigenvalue weighted by Crippen LogP contribution is 2.32. The fourth-order valence-electron chi connectivity index (χ4n) is 3.24. The first kappa shape index (κ1) is 16.2. The Morgan fingerprint density at radius 2 is 2.04 bits per heavy atom. The number of hydrogen-bond acceptors (Lipinski definition) is 5. The molecule has 1 aliphatic heterocycles. The standard InChI is InChI=1S/C18H19NO5/c1-4-23-18(22)15-8-19-13(9-24-11(3)20)7-12-5-10(2)6-14(16(12)19)17(15)21/h5-6,8,13H,4,7,9H2,1-3H3. The molecule has 3 rings (SSSR count). The zero-order valence-corrected chi connectivity index (χ0v) is 13.9. The van der Waals surface area contributed by atoms with E-state index < -0.39 is 5.97 Å². The van der Waals surface area contributed by atoms with E-state index in [0.29, 0.717) is 11.8 Å². The van der Waals surface area contributed by atoms with Crippen molar-refractivity contribution in [2.24, 2.45) is 0 Å². The molecule has 1 unspecified atom stereocenters. The van der Waals surface area contributed by atoms with Crippen LogP contribution < -0.4 is 5.43 Å². The van der Waals surface area contributed by atoms with Gasteiger partial charge in [0.1, 0.15) is 12.2 Å². The Bertz CT molecular complexity index is 896. The van der Waals surface area contributed by atoms with Crippen LogP contribution in [0.15, 0.2) is 23.1 Å². The van der Waals surface area contributed by atoms with Crippen molar-refractivity contribution >= 4 is 22.8 Å². The maximum Gasteiger partial charge on any atom is 0.343 e. The fraction of sp³-hybridized carbons (Fsp3) is 0.389. The van der Waals surface area contributed by atoms with Crippen molar-refractivity contribution in [2.45, 2.75) is 33.2 Å². The number of hydrogen-bond donors (Lipinski definition) is 0. The predicted octanol–water partition coefficient (Wildman–Crippen LogP) is 2.15. The summed E-state index contributed by atoms with van der Waals surface area (Å²) in [5.74, 6) is -0.987. The second-order valence-corrected chi connectivity index (χ2v) is 5.98. The van der Waals surface area contributed by atoms with Crippen LogP contribution >= 0.6 is 0 Å². The number of aromatic nitrogens is 1. The highest BCUT2D eigenvalue weighted by molar-refractivity contribution is 5.95. The first-order valence-electron chi connectivity index (χ1n) is 7.91. The van der Waals surface area contributed by atoms with Crippen molar-refractivity contribution in [1.29, 1.82) is 0 Å². The van der Waals surface area contributed by atoms with Gasteiger partial charge in [-0.15, -0.1) is 0 Å². The zero-order chi connectivity index (χ0) is 17.4. The third-order valence-corrected chi connectivity index (χ3v) is 4.17. The predicted molar refractivity (Wildman–Crippen MR) is 88.3 cm³/mol. The highest BCUT2D eigenvalue weighted by Gasteiger charge is 2.28. The summed E-state index contributed by atoms with van der Waals surface area (Å²) in [5, 5.41) is 0.501. The molecule has 2 aromatic rings. The van der Waals surface area contributed by atoms with Crippen molar-refractivity contribution in [1.82, 2.24) is 4.57 Å². The third-order valence-electron chi connectivity index (χ3n) is 4.17. The van der Waals surface area contributed by atoms with Gasteiger partial charge < -0.3 is 14.0 Å². The monoisotopic (exact) mass is 329 g/mol. The van der Waals surface area contributed by atoms with Crippen LogP contribution in [0.25, 0.3) is 10.9 Å². The molecule has 0 saturated carbocycles. The molecule has 2 heterocycles. The molecule has 1 aromatic heterocycles. The van der Waals surface area contributed by atoms with Crippen LogP contribution in [0.4, 0.5) is 0 Å². The van der Waals surface area contributed by atoms with E-state index in [1.807, 2.05) is 17.6 Å². The number of ether oxygens (including phenoxy) is 2. The van der Waals surface area contributed by atoms with E-state index in [9.17, 15) is 14.4 Å². The lowest BCUT2D eigenvalue weighted by Crippen LogP contribution is -2.22. The van der Waals surface area contributed by atoms with Crippen molar-refractivity contribution in [3.8, 4) is 0 Å². The van der Waals surface area contributed by atoms with E-state index in [1.54, 1.807) is 13.0 Å². The Labute approximate surface area is 139 Å². The Morgan fingerprint density at radius 1 is 1.29 bits per heavy atom. The number of rotatable bonds is 4. The summed E-state index contributed by atoms with van der Waals surface area (Å²) in [7, 11) is 0. The van der Waals surface area contributed by atoms with Crippen LogP contribution in [-0.4, -0.2) is 29.7 Å². The number of esters is 2. The normalized spacial score (nSPS) is 15.5. The minimum Gasteiger partial charge on any atom is -0.464 e. The summed E-state index contributed by atoms with van der Waals surface area (Å²) in [5.41, 5.74) is 2.47. The van der Waals surface area contributed by atoms with Gasteiger partial charge in [-0.3, -0.25) is 9.59 Å². The Hall–Kier alpha value is -2.63. The number of aryl methyl sites for hydroxylation is 1. The van der Waals surface area contributed by atoms with Gasteiger partial charge in [0.2, 0.25) is 5.43 Å². The van der Waals surface area contributed by atoms with E-state index in [2.05, 4.69) is 0 Å². The van der Waals surface area contributed by atoms with Crippen LogP contribution in [0.5, 0.6) is 0 Å². The summed E-state index contributed by atoms with van der Waals surface area (Å²) in [6.07, 6.45) is 2.18. The Balaban J connectivity index is 2.18. The summed E-state index contributed by atoms with van der Waals surface area (Å²) >= 11 is 0. The van der Waals surface area contributed by atoms with Gasteiger partial charge in [-0.1, -0.05) is 6.07 Å². The average Bonchev–Trinajstić information content (AvgIpc) is 2.86. The largest absolute Gasteiger partial charge is 0.464 e. The number of benzene rings is 1. The lowest BCUT2D eigenvalue weighted by atomic mass is 10.0. The molecule has 1 aliphatic rings. The molecule has 6 nitrogen and oxygen atoms in total. The van der Waals surface area contributed by atoms with Gasteiger partial charge in [0.15, 0.2) is 0 Å². The van der Waals surface area contributed by atoms with Gasteiger partial charge in [-0.05, 0) is 37.5 Å². The fourth-order valence-corrected chi connectivity index (χ4v) is 3.24. The van der Waals surface area contributed by atoms with Gasteiger partial charge in [-0.25, -0.2) is 4.79 Å². The lowest BCUT2D eigenvalue weighted by Gasteiger charge is -2.16. The van der Waals surface area contributed by atoms with Crippen LogP contribution in [0.2, 0.25) is 0 Å². The van der Waals surface area contributed by atoms with Gasteiger partial charge in [0, 0.05) is 18.5 Å². The number of carbonyl (C=O) groups excluding carboxylic acids is 2. The number of carbonyl (C=O) groups is 2. The first-order valence-corrected chi connectivity index (χ1v) is 7.91. The minimum atomic E-state index is -0.630. The smallest absolute Gasteiger partial charge is 0.343 e. The first-order chi connectivity index (χ1) is 11.4. The summed E-state index contributed by atoms with van der Waals surface area (Å²) in [6, 6.07) is 3.67. The zero-order valence-electron chi connectivity index (χ0n) is 13.9. The molecule has 0 amide bonds. The van der Waals surface area contributed by atoms with E-state index >= 15 is 0 Å². The molecule has 6 heteroatoms. The second-order valence-electron chi connectivity index (χ2n) is 5.98. The quantitative estimate of drug-likeness (QED) is 0.804. The van der Waals surface area contributed by atoms with E-state index in [1.165, 1.54) is 13.1 Å². The lowest BCUT2D eigenvalue weighted by molar-refractivity contribution is -0.142. The second kappa shape index (κ2) is 6.11. The van der Waals surface area contributed by atoms with Gasteiger partial charge in [0.25, 0.3) is 0 Å². The van der Waals surface area contributed by atoms with Crippen LogP contribution in [0.3, 0.4) is 0 Å². The minimum absolute atomic E-state index is 0.00984. The summed E-state index contributed by atoms with van der Waals surface area (Å²) in [4.78, 5) is 36.0. The van der Waals surface area contributed by atoms with Crippen LogP contribution in [0.1, 0.15) is 41.4 Å². The third kappa shape index (κ3) is 2.68. The van der Waals surface area contributed by atoms with E-state index in [0.717, 1.165) is 16.6 Å².